The van der Waals surface area contributed by atoms with Crippen LogP contribution in [0.5, 0.6) is 0 Å². The van der Waals surface area contributed by atoms with Gasteiger partial charge in [0.1, 0.15) is 16.6 Å². The molecular weight excluding hydrogens is 419 g/mol. The predicted molar refractivity (Wildman–Crippen MR) is 114 cm³/mol. The first kappa shape index (κ1) is 19.0. The summed E-state index contributed by atoms with van der Waals surface area (Å²) in [5.41, 5.74) is 0.762. The number of nitrogens with one attached hydrogen (secondary N) is 1. The molecule has 4 rings (SSSR count). The lowest BCUT2D eigenvalue weighted by Gasteiger charge is -2.19. The first-order valence-corrected chi connectivity index (χ1v) is 10.1. The van der Waals surface area contributed by atoms with Crippen LogP contribution in [0.1, 0.15) is 25.5 Å². The number of thioether (sulfide) groups is 1. The Kier molecular flexibility index (Phi) is 5.14. The zero-order valence-electron chi connectivity index (χ0n) is 14.7. The smallest absolute Gasteiger partial charge is 0.283 e. The van der Waals surface area contributed by atoms with Crippen LogP contribution in [0.2, 0.25) is 10.0 Å². The molecule has 0 unspecified atom stereocenters. The molecule has 0 radical (unpaired) electrons. The number of hydrogen-bond donors (Lipinski definition) is 1. The zero-order valence-corrected chi connectivity index (χ0v) is 17.0. The van der Waals surface area contributed by atoms with E-state index >= 15 is 0 Å². The number of fused-ring (bicyclic) bond motifs is 1. The summed E-state index contributed by atoms with van der Waals surface area (Å²) in [7, 11) is 0. The SMILES string of the molecule is CCCC1=NN2C(=N)C(=Cc3ccc(-c4cc(Cl)ccc4Cl)o3)C(=O)N=C2S1. The summed E-state index contributed by atoms with van der Waals surface area (Å²) >= 11 is 13.6. The van der Waals surface area contributed by atoms with Crippen molar-refractivity contribution in [3.05, 3.63) is 51.7 Å². The van der Waals surface area contributed by atoms with E-state index < -0.39 is 5.91 Å². The van der Waals surface area contributed by atoms with Gasteiger partial charge in [-0.05, 0) is 61.0 Å². The average molecular weight is 433 g/mol. The highest BCUT2D eigenvalue weighted by molar-refractivity contribution is 8.26. The minimum Gasteiger partial charge on any atom is -0.457 e. The minimum atomic E-state index is -0.490. The quantitative estimate of drug-likeness (QED) is 0.630. The Morgan fingerprint density at radius 1 is 1.29 bits per heavy atom. The summed E-state index contributed by atoms with van der Waals surface area (Å²) < 4.78 is 5.80. The maximum absolute atomic E-state index is 12.4. The van der Waals surface area contributed by atoms with E-state index in [2.05, 4.69) is 10.1 Å². The highest BCUT2D eigenvalue weighted by Crippen LogP contribution is 2.33. The second-order valence-electron chi connectivity index (χ2n) is 6.09. The van der Waals surface area contributed by atoms with Crippen molar-refractivity contribution in [2.75, 3.05) is 0 Å². The van der Waals surface area contributed by atoms with Crippen LogP contribution < -0.4 is 0 Å². The zero-order chi connectivity index (χ0) is 19.8. The molecule has 0 saturated heterocycles. The van der Waals surface area contributed by atoms with E-state index in [9.17, 15) is 4.79 Å². The second kappa shape index (κ2) is 7.58. The fourth-order valence-electron chi connectivity index (χ4n) is 2.75. The molecule has 0 atom stereocenters. The number of carbonyl (C=O) groups excluding carboxylic acids is 1. The fraction of sp³-hybridized carbons (Fsp3) is 0.158. The van der Waals surface area contributed by atoms with Crippen LogP contribution in [-0.4, -0.2) is 27.0 Å². The molecule has 9 heteroatoms. The van der Waals surface area contributed by atoms with Crippen molar-refractivity contribution in [3.63, 3.8) is 0 Å². The van der Waals surface area contributed by atoms with Crippen molar-refractivity contribution >= 4 is 63.0 Å². The Morgan fingerprint density at radius 3 is 2.89 bits per heavy atom. The van der Waals surface area contributed by atoms with Crippen molar-refractivity contribution in [2.45, 2.75) is 19.8 Å². The summed E-state index contributed by atoms with van der Waals surface area (Å²) in [6.07, 6.45) is 3.20. The van der Waals surface area contributed by atoms with E-state index in [0.717, 1.165) is 17.9 Å². The van der Waals surface area contributed by atoms with Crippen molar-refractivity contribution in [3.8, 4) is 11.3 Å². The lowest BCUT2D eigenvalue weighted by Crippen LogP contribution is -2.35. The molecule has 142 valence electrons. The van der Waals surface area contributed by atoms with Gasteiger partial charge in [-0.25, -0.2) is 0 Å². The van der Waals surface area contributed by atoms with E-state index in [4.69, 9.17) is 33.0 Å². The van der Waals surface area contributed by atoms with Gasteiger partial charge in [-0.3, -0.25) is 10.2 Å². The van der Waals surface area contributed by atoms with Gasteiger partial charge in [-0.15, -0.1) is 0 Å². The Labute approximate surface area is 175 Å². The third-order valence-corrected chi connectivity index (χ3v) is 5.60. The number of halogens is 2. The van der Waals surface area contributed by atoms with E-state index in [1.54, 1.807) is 30.3 Å². The lowest BCUT2D eigenvalue weighted by atomic mass is 10.1. The third kappa shape index (κ3) is 3.53. The van der Waals surface area contributed by atoms with E-state index in [1.165, 1.54) is 22.8 Å². The molecule has 0 saturated carbocycles. The third-order valence-electron chi connectivity index (χ3n) is 4.07. The largest absolute Gasteiger partial charge is 0.457 e. The molecular formula is C19H14Cl2N4O2S. The molecule has 0 bridgehead atoms. The summed E-state index contributed by atoms with van der Waals surface area (Å²) in [4.78, 5) is 16.5. The molecule has 6 nitrogen and oxygen atoms in total. The molecule has 2 aliphatic heterocycles. The number of hydrogen-bond acceptors (Lipinski definition) is 5. The Balaban J connectivity index is 1.65. The van der Waals surface area contributed by atoms with Gasteiger partial charge in [-0.1, -0.05) is 30.1 Å². The molecule has 0 fully saturated rings. The van der Waals surface area contributed by atoms with Crippen molar-refractivity contribution in [1.29, 1.82) is 5.41 Å². The summed E-state index contributed by atoms with van der Waals surface area (Å²) in [5, 5.41) is 16.4. The predicted octanol–water partition coefficient (Wildman–Crippen LogP) is 5.67. The number of rotatable bonds is 4. The van der Waals surface area contributed by atoms with Gasteiger partial charge < -0.3 is 4.42 Å². The van der Waals surface area contributed by atoms with Gasteiger partial charge in [0.15, 0.2) is 5.84 Å². The van der Waals surface area contributed by atoms with E-state index in [0.29, 0.717) is 32.3 Å². The van der Waals surface area contributed by atoms with Crippen molar-refractivity contribution in [1.82, 2.24) is 5.01 Å². The molecule has 0 aliphatic carbocycles. The molecule has 1 amide bonds. The summed E-state index contributed by atoms with van der Waals surface area (Å²) in [5.74, 6) is 0.406. The summed E-state index contributed by atoms with van der Waals surface area (Å²) in [6, 6.07) is 8.52. The normalized spacial score (nSPS) is 17.8. The standard InChI is InChI=1S/C19H14Cl2N4O2S/c1-2-3-16-24-25-17(22)13(18(26)23-19(25)28-16)9-11-5-7-15(27-11)12-8-10(20)4-6-14(12)21/h4-9,22H,2-3H2,1H3. The molecule has 1 aromatic carbocycles. The van der Waals surface area contributed by atoms with Crippen LogP contribution in [0.25, 0.3) is 17.4 Å². The fourth-order valence-corrected chi connectivity index (χ4v) is 4.12. The highest BCUT2D eigenvalue weighted by atomic mass is 35.5. The summed E-state index contributed by atoms with van der Waals surface area (Å²) in [6.45, 7) is 2.05. The number of nitrogens with zero attached hydrogens (tertiary/aromatic N) is 3. The van der Waals surface area contributed by atoms with Crippen LogP contribution in [0.3, 0.4) is 0 Å². The van der Waals surface area contributed by atoms with E-state index in [1.807, 2.05) is 6.92 Å². The molecule has 3 heterocycles. The number of amides is 1. The van der Waals surface area contributed by atoms with Crippen LogP contribution in [0.15, 0.2) is 50.4 Å². The number of aliphatic imine (C=N–C) groups is 1. The first-order valence-electron chi connectivity index (χ1n) is 8.50. The van der Waals surface area contributed by atoms with Gasteiger partial charge >= 0.3 is 0 Å². The topological polar surface area (TPSA) is 82.0 Å². The van der Waals surface area contributed by atoms with Gasteiger partial charge in [0.25, 0.3) is 5.91 Å². The number of amidine groups is 2. The minimum absolute atomic E-state index is 0.0210. The molecule has 1 N–H and O–H groups in total. The van der Waals surface area contributed by atoms with Crippen LogP contribution in [-0.2, 0) is 4.79 Å². The number of furan rings is 1. The van der Waals surface area contributed by atoms with Gasteiger partial charge in [0.2, 0.25) is 5.17 Å². The van der Waals surface area contributed by atoms with Crippen molar-refractivity contribution in [2.24, 2.45) is 10.1 Å². The Morgan fingerprint density at radius 2 is 2.11 bits per heavy atom. The van der Waals surface area contributed by atoms with Crippen molar-refractivity contribution < 1.29 is 9.21 Å². The van der Waals surface area contributed by atoms with E-state index in [-0.39, 0.29) is 11.4 Å². The first-order chi connectivity index (χ1) is 13.5. The maximum Gasteiger partial charge on any atom is 0.283 e. The van der Waals surface area contributed by atoms with Crippen LogP contribution >= 0.6 is 35.0 Å². The Bertz CT molecular complexity index is 1090. The molecule has 28 heavy (non-hydrogen) atoms. The second-order valence-corrected chi connectivity index (χ2v) is 7.97. The molecule has 2 aliphatic rings. The van der Waals surface area contributed by atoms with Gasteiger partial charge in [-0.2, -0.15) is 15.1 Å². The van der Waals surface area contributed by atoms with Gasteiger partial charge in [0, 0.05) is 10.6 Å². The van der Waals surface area contributed by atoms with Gasteiger partial charge in [0.05, 0.1) is 10.6 Å². The lowest BCUT2D eigenvalue weighted by molar-refractivity contribution is -0.114. The Hall–Kier alpha value is -2.35. The monoisotopic (exact) mass is 432 g/mol. The number of hydrazone groups is 1. The number of benzene rings is 1. The average Bonchev–Trinajstić information content (AvgIpc) is 3.28. The molecule has 2 aromatic rings. The van der Waals surface area contributed by atoms with Crippen LogP contribution in [0, 0.1) is 5.41 Å². The van der Waals surface area contributed by atoms with Crippen LogP contribution in [0.4, 0.5) is 0 Å². The maximum atomic E-state index is 12.4. The number of carbonyl (C=O) groups is 1. The molecule has 0 spiro atoms. The highest BCUT2D eigenvalue weighted by Gasteiger charge is 2.35. The molecule has 1 aromatic heterocycles.